The van der Waals surface area contributed by atoms with Gasteiger partial charge < -0.3 is 10.6 Å². The molecule has 1 aromatic carbocycles. The summed E-state index contributed by atoms with van der Waals surface area (Å²) in [4.78, 5) is 13.1. The van der Waals surface area contributed by atoms with E-state index in [9.17, 15) is 0 Å². The van der Waals surface area contributed by atoms with Crippen molar-refractivity contribution in [3.8, 4) is 0 Å². The predicted molar refractivity (Wildman–Crippen MR) is 119 cm³/mol. The lowest BCUT2D eigenvalue weighted by Gasteiger charge is -2.20. The van der Waals surface area contributed by atoms with E-state index in [2.05, 4.69) is 48.5 Å². The molecule has 0 aliphatic rings. The molecule has 3 heterocycles. The number of fused-ring (bicyclic) bond motifs is 1. The minimum Gasteiger partial charge on any atom is -0.373 e. The molecule has 1 atom stereocenters. The molecule has 0 unspecified atom stereocenters. The average Bonchev–Trinajstić information content (AvgIpc) is 3.27. The first-order chi connectivity index (χ1) is 14.6. The molecule has 0 saturated heterocycles. The summed E-state index contributed by atoms with van der Waals surface area (Å²) in [6.07, 6.45) is 6.06. The third-order valence-corrected chi connectivity index (χ3v) is 5.08. The van der Waals surface area contributed by atoms with Gasteiger partial charge >= 0.3 is 0 Å². The second-order valence-electron chi connectivity index (χ2n) is 6.97. The maximum Gasteiger partial charge on any atom is 0.137 e. The Balaban J connectivity index is 1.77. The molecule has 0 aliphatic carbocycles. The first-order valence-corrected chi connectivity index (χ1v) is 9.81. The molecule has 0 fully saturated rings. The van der Waals surface area contributed by atoms with Gasteiger partial charge in [0.25, 0.3) is 0 Å². The highest BCUT2D eigenvalue weighted by Gasteiger charge is 2.21. The van der Waals surface area contributed by atoms with Crippen LogP contribution in [0.15, 0.2) is 55.6 Å². The third-order valence-electron chi connectivity index (χ3n) is 5.08. The molecule has 4 aromatic rings. The molecule has 0 spiro atoms. The van der Waals surface area contributed by atoms with Crippen molar-refractivity contribution < 1.29 is 0 Å². The third kappa shape index (κ3) is 3.71. The number of benzene rings is 1. The zero-order valence-electron chi connectivity index (χ0n) is 17.3. The van der Waals surface area contributed by atoms with Gasteiger partial charge in [0, 0.05) is 41.3 Å². The summed E-state index contributed by atoms with van der Waals surface area (Å²) in [6, 6.07) is 9.77. The Morgan fingerprint density at radius 1 is 1.20 bits per heavy atom. The van der Waals surface area contributed by atoms with Crippen LogP contribution in [0.25, 0.3) is 16.6 Å². The molecule has 0 amide bonds. The Morgan fingerprint density at radius 3 is 2.83 bits per heavy atom. The molecule has 0 aliphatic heterocycles. The molecule has 8 nitrogen and oxygen atoms in total. The van der Waals surface area contributed by atoms with Gasteiger partial charge in [-0.25, -0.2) is 14.6 Å². The van der Waals surface area contributed by atoms with E-state index < -0.39 is 0 Å². The fourth-order valence-corrected chi connectivity index (χ4v) is 3.35. The number of rotatable bonds is 7. The van der Waals surface area contributed by atoms with E-state index in [1.54, 1.807) is 17.2 Å². The molecule has 3 aromatic heterocycles. The van der Waals surface area contributed by atoms with Crippen molar-refractivity contribution in [3.63, 3.8) is 0 Å². The fraction of sp³-hybridized carbons (Fsp3) is 0.227. The minimum absolute atomic E-state index is 0.225. The SMILES string of the molecule is C=C(CC)n1cc([C@H](Nc2ccc3ncnc(NC)c3c2)c2cccnc2C)nn1. The van der Waals surface area contributed by atoms with E-state index in [-0.39, 0.29) is 6.04 Å². The number of nitrogens with one attached hydrogen (secondary N) is 2. The standard InChI is InChI=1S/C22H24N8/c1-5-14(2)30-12-20(28-29-30)21(17-7-6-10-24-15(17)3)27-16-8-9-19-18(11-16)22(23-4)26-13-25-19/h6-13,21,27H,2,5H2,1,3-4H3,(H,23,25,26)/t21-/m1/s1. The second-order valence-corrected chi connectivity index (χ2v) is 6.97. The van der Waals surface area contributed by atoms with Crippen LogP contribution in [-0.4, -0.2) is 37.0 Å². The lowest BCUT2D eigenvalue weighted by Crippen LogP contribution is -2.15. The van der Waals surface area contributed by atoms with Crippen molar-refractivity contribution in [2.24, 2.45) is 0 Å². The molecule has 2 N–H and O–H groups in total. The summed E-state index contributed by atoms with van der Waals surface area (Å²) < 4.78 is 1.73. The Labute approximate surface area is 175 Å². The van der Waals surface area contributed by atoms with Crippen LogP contribution in [0.1, 0.15) is 36.3 Å². The van der Waals surface area contributed by atoms with Crippen molar-refractivity contribution in [2.75, 3.05) is 17.7 Å². The molecule has 8 heteroatoms. The highest BCUT2D eigenvalue weighted by Crippen LogP contribution is 2.30. The average molecular weight is 400 g/mol. The second kappa shape index (κ2) is 8.28. The van der Waals surface area contributed by atoms with Crippen molar-refractivity contribution in [2.45, 2.75) is 26.3 Å². The van der Waals surface area contributed by atoms with Crippen molar-refractivity contribution in [1.29, 1.82) is 0 Å². The van der Waals surface area contributed by atoms with Gasteiger partial charge in [0.2, 0.25) is 0 Å². The topological polar surface area (TPSA) is 93.4 Å². The lowest BCUT2D eigenvalue weighted by molar-refractivity contribution is 0.785. The quantitative estimate of drug-likeness (QED) is 0.483. The molecular weight excluding hydrogens is 376 g/mol. The Morgan fingerprint density at radius 2 is 2.07 bits per heavy atom. The number of pyridine rings is 1. The molecule has 0 radical (unpaired) electrons. The van der Waals surface area contributed by atoms with Gasteiger partial charge in [-0.1, -0.05) is 24.8 Å². The van der Waals surface area contributed by atoms with Crippen LogP contribution in [0.4, 0.5) is 11.5 Å². The maximum absolute atomic E-state index is 4.46. The first kappa shape index (κ1) is 19.5. The largest absolute Gasteiger partial charge is 0.373 e. The first-order valence-electron chi connectivity index (χ1n) is 9.81. The van der Waals surface area contributed by atoms with Gasteiger partial charge in [-0.3, -0.25) is 4.98 Å². The van der Waals surface area contributed by atoms with E-state index in [0.717, 1.165) is 51.5 Å². The number of hydrogen-bond acceptors (Lipinski definition) is 7. The van der Waals surface area contributed by atoms with Crippen LogP contribution in [0.5, 0.6) is 0 Å². The van der Waals surface area contributed by atoms with Crippen LogP contribution in [0.2, 0.25) is 0 Å². The van der Waals surface area contributed by atoms with E-state index in [0.29, 0.717) is 0 Å². The summed E-state index contributed by atoms with van der Waals surface area (Å²) in [5, 5.41) is 16.3. The van der Waals surface area contributed by atoms with Gasteiger partial charge in [-0.05, 0) is 37.6 Å². The predicted octanol–water partition coefficient (Wildman–Crippen LogP) is 4.05. The molecular formula is C22H24N8. The van der Waals surface area contributed by atoms with Crippen LogP contribution in [0.3, 0.4) is 0 Å². The summed E-state index contributed by atoms with van der Waals surface area (Å²) in [5.74, 6) is 0.781. The highest BCUT2D eigenvalue weighted by atomic mass is 15.4. The van der Waals surface area contributed by atoms with Crippen LogP contribution >= 0.6 is 0 Å². The number of hydrogen-bond donors (Lipinski definition) is 2. The lowest BCUT2D eigenvalue weighted by atomic mass is 10.0. The Bertz CT molecular complexity index is 1200. The highest BCUT2D eigenvalue weighted by molar-refractivity contribution is 5.91. The zero-order chi connectivity index (χ0) is 21.1. The van der Waals surface area contributed by atoms with Crippen LogP contribution in [-0.2, 0) is 0 Å². The molecule has 0 bridgehead atoms. The van der Waals surface area contributed by atoms with Crippen molar-refractivity contribution in [1.82, 2.24) is 29.9 Å². The fourth-order valence-electron chi connectivity index (χ4n) is 3.35. The van der Waals surface area contributed by atoms with E-state index in [4.69, 9.17) is 0 Å². The summed E-state index contributed by atoms with van der Waals surface area (Å²) in [7, 11) is 1.85. The number of aromatic nitrogens is 6. The minimum atomic E-state index is -0.225. The molecule has 4 rings (SSSR count). The van der Waals surface area contributed by atoms with E-state index in [1.165, 1.54) is 0 Å². The summed E-state index contributed by atoms with van der Waals surface area (Å²) in [5.41, 5.74) is 5.44. The van der Waals surface area contributed by atoms with Gasteiger partial charge in [-0.2, -0.15) is 0 Å². The van der Waals surface area contributed by atoms with Gasteiger partial charge in [0.15, 0.2) is 0 Å². The summed E-state index contributed by atoms with van der Waals surface area (Å²) >= 11 is 0. The van der Waals surface area contributed by atoms with E-state index >= 15 is 0 Å². The zero-order valence-corrected chi connectivity index (χ0v) is 17.3. The monoisotopic (exact) mass is 400 g/mol. The smallest absolute Gasteiger partial charge is 0.137 e. The Kier molecular flexibility index (Phi) is 5.38. The number of aryl methyl sites for hydroxylation is 1. The number of anilines is 2. The molecule has 30 heavy (non-hydrogen) atoms. The van der Waals surface area contributed by atoms with Gasteiger partial charge in [0.1, 0.15) is 17.8 Å². The number of allylic oxidation sites excluding steroid dienone is 1. The Hall–Kier alpha value is -3.81. The van der Waals surface area contributed by atoms with Crippen LogP contribution < -0.4 is 10.6 Å². The van der Waals surface area contributed by atoms with Gasteiger partial charge in [-0.15, -0.1) is 5.10 Å². The number of nitrogens with zero attached hydrogens (tertiary/aromatic N) is 6. The van der Waals surface area contributed by atoms with Crippen molar-refractivity contribution >= 4 is 28.1 Å². The normalized spacial score (nSPS) is 12.0. The van der Waals surface area contributed by atoms with Crippen LogP contribution in [0, 0.1) is 6.92 Å². The summed E-state index contributed by atoms with van der Waals surface area (Å²) in [6.45, 7) is 8.09. The molecule has 152 valence electrons. The van der Waals surface area contributed by atoms with Crippen molar-refractivity contribution in [3.05, 3.63) is 72.6 Å². The van der Waals surface area contributed by atoms with E-state index in [1.807, 2.05) is 51.4 Å². The maximum atomic E-state index is 4.46. The van der Waals surface area contributed by atoms with Gasteiger partial charge in [0.05, 0.1) is 17.8 Å². The molecule has 0 saturated carbocycles.